The van der Waals surface area contributed by atoms with Crippen LogP contribution in [0.5, 0.6) is 0 Å². The highest BCUT2D eigenvalue weighted by atomic mass is 16.2. The van der Waals surface area contributed by atoms with E-state index in [1.54, 1.807) is 9.91 Å². The van der Waals surface area contributed by atoms with Gasteiger partial charge in [-0.1, -0.05) is 13.8 Å². The number of carbonyl (C=O) groups excluding carboxylic acids is 1. The number of carbonyl (C=O) groups is 1. The first kappa shape index (κ1) is 12.4. The molecule has 0 aliphatic heterocycles. The lowest BCUT2D eigenvalue weighted by Gasteiger charge is -2.20. The van der Waals surface area contributed by atoms with E-state index in [9.17, 15) is 4.79 Å². The average Bonchev–Trinajstić information content (AvgIpc) is 1.98. The van der Waals surface area contributed by atoms with Crippen LogP contribution in [-0.2, 0) is 4.79 Å². The number of rotatable bonds is 5. The van der Waals surface area contributed by atoms with Crippen molar-refractivity contribution in [3.05, 3.63) is 0 Å². The van der Waals surface area contributed by atoms with Gasteiger partial charge in [0.15, 0.2) is 0 Å². The van der Waals surface area contributed by atoms with Crippen molar-refractivity contribution in [3.8, 4) is 0 Å². The molecule has 4 nitrogen and oxygen atoms in total. The Labute approximate surface area is 80.9 Å². The fraction of sp³-hybridized carbons (Fsp3) is 0.889. The highest BCUT2D eigenvalue weighted by Crippen LogP contribution is 1.95. The lowest BCUT2D eigenvalue weighted by atomic mass is 10.2. The van der Waals surface area contributed by atoms with Crippen LogP contribution in [0.25, 0.3) is 0 Å². The third-order valence-electron chi connectivity index (χ3n) is 1.61. The number of amides is 1. The van der Waals surface area contributed by atoms with E-state index in [1.807, 2.05) is 21.1 Å². The minimum atomic E-state index is 0.127. The van der Waals surface area contributed by atoms with Crippen molar-refractivity contribution in [3.63, 3.8) is 0 Å². The molecular weight excluding hydrogens is 166 g/mol. The number of likely N-dealkylation sites (N-methyl/N-ethyl adjacent to an activating group) is 1. The molecule has 0 spiro atoms. The van der Waals surface area contributed by atoms with E-state index in [4.69, 9.17) is 0 Å². The molecule has 0 heterocycles. The molecule has 0 aromatic heterocycles. The van der Waals surface area contributed by atoms with Gasteiger partial charge in [0, 0.05) is 27.7 Å². The zero-order valence-corrected chi connectivity index (χ0v) is 9.29. The van der Waals surface area contributed by atoms with Crippen LogP contribution in [-0.4, -0.2) is 50.0 Å². The average molecular weight is 187 g/mol. The molecule has 0 bridgehead atoms. The number of nitrogens with one attached hydrogen (secondary N) is 1. The Morgan fingerprint density at radius 1 is 1.31 bits per heavy atom. The SMILES string of the molecule is CC(C)CN(C)C(=O)CNN(C)C. The van der Waals surface area contributed by atoms with Gasteiger partial charge < -0.3 is 4.90 Å². The molecule has 4 heteroatoms. The molecule has 78 valence electrons. The molecule has 0 atom stereocenters. The third kappa shape index (κ3) is 6.54. The normalized spacial score (nSPS) is 11.0. The van der Waals surface area contributed by atoms with Crippen LogP contribution in [0.3, 0.4) is 0 Å². The lowest BCUT2D eigenvalue weighted by molar-refractivity contribution is -0.130. The molecule has 0 fully saturated rings. The Bertz CT molecular complexity index is 157. The number of hydrogen-bond acceptors (Lipinski definition) is 3. The quantitative estimate of drug-likeness (QED) is 0.623. The van der Waals surface area contributed by atoms with E-state index in [1.165, 1.54) is 0 Å². The Morgan fingerprint density at radius 2 is 1.85 bits per heavy atom. The molecule has 0 aromatic carbocycles. The van der Waals surface area contributed by atoms with Crippen molar-refractivity contribution < 1.29 is 4.79 Å². The summed E-state index contributed by atoms with van der Waals surface area (Å²) in [6.45, 7) is 5.39. The van der Waals surface area contributed by atoms with Crippen LogP contribution in [0.4, 0.5) is 0 Å². The summed E-state index contributed by atoms with van der Waals surface area (Å²) in [4.78, 5) is 13.2. The number of hydrogen-bond donors (Lipinski definition) is 1. The Balaban J connectivity index is 3.69. The summed E-state index contributed by atoms with van der Waals surface area (Å²) in [5.74, 6) is 0.649. The smallest absolute Gasteiger partial charge is 0.237 e. The van der Waals surface area contributed by atoms with Gasteiger partial charge in [0.1, 0.15) is 0 Å². The van der Waals surface area contributed by atoms with E-state index in [2.05, 4.69) is 19.3 Å². The molecule has 0 radical (unpaired) electrons. The van der Waals surface area contributed by atoms with Gasteiger partial charge >= 0.3 is 0 Å². The standard InChI is InChI=1S/C9H21N3O/c1-8(2)7-12(5)9(13)6-10-11(3)4/h8,10H,6-7H2,1-5H3. The highest BCUT2D eigenvalue weighted by molar-refractivity contribution is 5.77. The number of nitrogens with zero attached hydrogens (tertiary/aromatic N) is 2. The molecule has 0 aliphatic carbocycles. The van der Waals surface area contributed by atoms with E-state index in [-0.39, 0.29) is 5.91 Å². The molecule has 1 N–H and O–H groups in total. The van der Waals surface area contributed by atoms with E-state index in [0.29, 0.717) is 12.5 Å². The summed E-state index contributed by atoms with van der Waals surface area (Å²) in [6.07, 6.45) is 0. The molecule has 0 saturated heterocycles. The molecule has 0 saturated carbocycles. The van der Waals surface area contributed by atoms with E-state index < -0.39 is 0 Å². The maximum atomic E-state index is 11.4. The van der Waals surface area contributed by atoms with Gasteiger partial charge in [0.05, 0.1) is 6.54 Å². The summed E-state index contributed by atoms with van der Waals surface area (Å²) in [5, 5.41) is 1.78. The minimum Gasteiger partial charge on any atom is -0.344 e. The van der Waals surface area contributed by atoms with Gasteiger partial charge in [-0.25, -0.2) is 5.43 Å². The fourth-order valence-electron chi connectivity index (χ4n) is 1.01. The maximum Gasteiger partial charge on any atom is 0.237 e. The summed E-state index contributed by atoms with van der Waals surface area (Å²) in [6, 6.07) is 0. The third-order valence-corrected chi connectivity index (χ3v) is 1.61. The van der Waals surface area contributed by atoms with Crippen LogP contribution < -0.4 is 5.43 Å². The van der Waals surface area contributed by atoms with Crippen LogP contribution >= 0.6 is 0 Å². The predicted octanol–water partition coefficient (Wildman–Crippen LogP) is 0.167. The van der Waals surface area contributed by atoms with Gasteiger partial charge in [-0.3, -0.25) is 9.80 Å². The number of hydrazine groups is 1. The first-order valence-electron chi connectivity index (χ1n) is 4.58. The van der Waals surface area contributed by atoms with Crippen LogP contribution in [0, 0.1) is 5.92 Å². The second-order valence-corrected chi connectivity index (χ2v) is 3.90. The topological polar surface area (TPSA) is 35.6 Å². The highest BCUT2D eigenvalue weighted by Gasteiger charge is 2.09. The first-order valence-corrected chi connectivity index (χ1v) is 4.58. The zero-order valence-electron chi connectivity index (χ0n) is 9.29. The fourth-order valence-corrected chi connectivity index (χ4v) is 1.01. The van der Waals surface area contributed by atoms with Crippen molar-refractivity contribution in [2.75, 3.05) is 34.2 Å². The van der Waals surface area contributed by atoms with Gasteiger partial charge in [0.2, 0.25) is 5.91 Å². The van der Waals surface area contributed by atoms with Crippen LogP contribution in [0.2, 0.25) is 0 Å². The Kier molecular flexibility index (Phi) is 5.66. The van der Waals surface area contributed by atoms with Gasteiger partial charge in [0.25, 0.3) is 0 Å². The van der Waals surface area contributed by atoms with Crippen LogP contribution in [0.15, 0.2) is 0 Å². The molecule has 0 aromatic rings. The van der Waals surface area contributed by atoms with E-state index >= 15 is 0 Å². The second kappa shape index (κ2) is 5.94. The summed E-state index contributed by atoms with van der Waals surface area (Å²) >= 11 is 0. The van der Waals surface area contributed by atoms with Crippen molar-refractivity contribution in [2.45, 2.75) is 13.8 Å². The molecule has 0 rings (SSSR count). The van der Waals surface area contributed by atoms with Gasteiger partial charge in [-0.15, -0.1) is 0 Å². The van der Waals surface area contributed by atoms with Gasteiger partial charge in [-0.05, 0) is 5.92 Å². The van der Waals surface area contributed by atoms with Gasteiger partial charge in [-0.2, -0.15) is 0 Å². The lowest BCUT2D eigenvalue weighted by Crippen LogP contribution is -2.42. The summed E-state index contributed by atoms with van der Waals surface area (Å²) in [7, 11) is 5.57. The minimum absolute atomic E-state index is 0.127. The predicted molar refractivity (Wildman–Crippen MR) is 54.2 cm³/mol. The van der Waals surface area contributed by atoms with E-state index in [0.717, 1.165) is 6.54 Å². The van der Waals surface area contributed by atoms with Crippen LogP contribution in [0.1, 0.15) is 13.8 Å². The molecule has 13 heavy (non-hydrogen) atoms. The molecule has 1 amide bonds. The summed E-state index contributed by atoms with van der Waals surface area (Å²) < 4.78 is 0. The Morgan fingerprint density at radius 3 is 2.23 bits per heavy atom. The first-order chi connectivity index (χ1) is 5.93. The molecular formula is C9H21N3O. The van der Waals surface area contributed by atoms with Crippen molar-refractivity contribution in [1.82, 2.24) is 15.3 Å². The maximum absolute atomic E-state index is 11.4. The summed E-state index contributed by atoms with van der Waals surface area (Å²) in [5.41, 5.74) is 2.94. The van der Waals surface area contributed by atoms with Crippen molar-refractivity contribution >= 4 is 5.91 Å². The largest absolute Gasteiger partial charge is 0.344 e. The zero-order chi connectivity index (χ0) is 10.4. The van der Waals surface area contributed by atoms with Crippen molar-refractivity contribution in [1.29, 1.82) is 0 Å². The monoisotopic (exact) mass is 187 g/mol. The Hall–Kier alpha value is -0.610. The van der Waals surface area contributed by atoms with Crippen molar-refractivity contribution in [2.24, 2.45) is 5.92 Å². The molecule has 0 aliphatic rings. The second-order valence-electron chi connectivity index (χ2n) is 3.90. The molecule has 0 unspecified atom stereocenters.